The monoisotopic (exact) mass is 270 g/mol. The van der Waals surface area contributed by atoms with Crippen molar-refractivity contribution in [2.45, 2.75) is 32.2 Å². The van der Waals surface area contributed by atoms with E-state index in [0.717, 1.165) is 18.8 Å². The molecule has 1 atom stereocenters. The zero-order chi connectivity index (χ0) is 13.9. The van der Waals surface area contributed by atoms with Crippen LogP contribution in [0.15, 0.2) is 30.7 Å². The minimum atomic E-state index is 0.555. The number of rotatable bonds is 3. The van der Waals surface area contributed by atoms with Crippen molar-refractivity contribution < 1.29 is 0 Å². The summed E-state index contributed by atoms with van der Waals surface area (Å²) in [6.45, 7) is 5.33. The molecule has 3 rings (SSSR count). The molecule has 1 aliphatic rings. The average Bonchev–Trinajstić information content (AvgIpc) is 2.79. The van der Waals surface area contributed by atoms with Gasteiger partial charge in [-0.3, -0.25) is 9.88 Å². The molecule has 0 aromatic carbocycles. The SMILES string of the molecule is Cc1cn(C)c([C@@H]2CCCN(Cc3cccnc3)C2)n1. The summed E-state index contributed by atoms with van der Waals surface area (Å²) in [5.41, 5.74) is 2.41. The number of imidazole rings is 1. The third kappa shape index (κ3) is 2.90. The lowest BCUT2D eigenvalue weighted by molar-refractivity contribution is 0.195. The summed E-state index contributed by atoms with van der Waals surface area (Å²) in [7, 11) is 2.11. The first-order valence-corrected chi connectivity index (χ1v) is 7.33. The Kier molecular flexibility index (Phi) is 3.83. The molecule has 1 aliphatic heterocycles. The van der Waals surface area contributed by atoms with Crippen LogP contribution in [0.5, 0.6) is 0 Å². The number of piperidine rings is 1. The summed E-state index contributed by atoms with van der Waals surface area (Å²) in [4.78, 5) is 11.4. The van der Waals surface area contributed by atoms with Crippen LogP contribution in [0.3, 0.4) is 0 Å². The van der Waals surface area contributed by atoms with E-state index in [9.17, 15) is 0 Å². The second kappa shape index (κ2) is 5.75. The first kappa shape index (κ1) is 13.3. The Balaban J connectivity index is 1.69. The molecule has 0 radical (unpaired) electrons. The summed E-state index contributed by atoms with van der Waals surface area (Å²) >= 11 is 0. The van der Waals surface area contributed by atoms with E-state index in [1.54, 1.807) is 0 Å². The molecule has 0 spiro atoms. The third-order valence-electron chi connectivity index (χ3n) is 4.03. The lowest BCUT2D eigenvalue weighted by atomic mass is 9.97. The number of hydrogen-bond acceptors (Lipinski definition) is 3. The molecule has 0 N–H and O–H groups in total. The lowest BCUT2D eigenvalue weighted by Crippen LogP contribution is -2.34. The van der Waals surface area contributed by atoms with Crippen LogP contribution in [-0.4, -0.2) is 32.5 Å². The average molecular weight is 270 g/mol. The number of pyridine rings is 1. The quantitative estimate of drug-likeness (QED) is 0.859. The van der Waals surface area contributed by atoms with Crippen LogP contribution in [0, 0.1) is 6.92 Å². The Morgan fingerprint density at radius 3 is 3.00 bits per heavy atom. The normalized spacial score (nSPS) is 20.2. The van der Waals surface area contributed by atoms with E-state index in [1.165, 1.54) is 30.8 Å². The van der Waals surface area contributed by atoms with Gasteiger partial charge in [0.05, 0.1) is 5.69 Å². The molecule has 0 bridgehead atoms. The van der Waals surface area contributed by atoms with Crippen molar-refractivity contribution in [2.75, 3.05) is 13.1 Å². The van der Waals surface area contributed by atoms with Gasteiger partial charge in [-0.15, -0.1) is 0 Å². The molecule has 1 fully saturated rings. The van der Waals surface area contributed by atoms with Gasteiger partial charge in [0.1, 0.15) is 5.82 Å². The second-order valence-corrected chi connectivity index (χ2v) is 5.79. The van der Waals surface area contributed by atoms with E-state index in [-0.39, 0.29) is 0 Å². The minimum absolute atomic E-state index is 0.555. The van der Waals surface area contributed by atoms with Crippen molar-refractivity contribution in [2.24, 2.45) is 7.05 Å². The Hall–Kier alpha value is -1.68. The fourth-order valence-corrected chi connectivity index (χ4v) is 3.17. The molecule has 1 saturated heterocycles. The second-order valence-electron chi connectivity index (χ2n) is 5.79. The Morgan fingerprint density at radius 1 is 1.40 bits per heavy atom. The maximum absolute atomic E-state index is 4.70. The topological polar surface area (TPSA) is 34.0 Å². The van der Waals surface area contributed by atoms with E-state index in [1.807, 2.05) is 18.5 Å². The van der Waals surface area contributed by atoms with Gasteiger partial charge in [-0.2, -0.15) is 0 Å². The minimum Gasteiger partial charge on any atom is -0.337 e. The van der Waals surface area contributed by atoms with Crippen molar-refractivity contribution >= 4 is 0 Å². The first-order valence-electron chi connectivity index (χ1n) is 7.33. The molecule has 0 saturated carbocycles. The van der Waals surface area contributed by atoms with Gasteiger partial charge in [-0.25, -0.2) is 4.98 Å². The van der Waals surface area contributed by atoms with Gasteiger partial charge in [-0.1, -0.05) is 6.07 Å². The highest BCUT2D eigenvalue weighted by Crippen LogP contribution is 2.26. The fraction of sp³-hybridized carbons (Fsp3) is 0.500. The van der Waals surface area contributed by atoms with Crippen LogP contribution in [0.4, 0.5) is 0 Å². The van der Waals surface area contributed by atoms with Crippen LogP contribution < -0.4 is 0 Å². The van der Waals surface area contributed by atoms with E-state index in [4.69, 9.17) is 4.98 Å². The highest BCUT2D eigenvalue weighted by molar-refractivity contribution is 5.11. The summed E-state index contributed by atoms with van der Waals surface area (Å²) in [6.07, 6.45) is 8.41. The van der Waals surface area contributed by atoms with Crippen LogP contribution in [0.1, 0.15) is 35.8 Å². The number of aromatic nitrogens is 3. The largest absolute Gasteiger partial charge is 0.337 e. The summed E-state index contributed by atoms with van der Waals surface area (Å²) < 4.78 is 2.19. The standard InChI is InChI=1S/C16H22N4/c1-13-10-19(2)16(18-13)15-6-4-8-20(12-15)11-14-5-3-7-17-9-14/h3,5,7,9-10,15H,4,6,8,11-12H2,1-2H3/t15-/m1/s1. The molecule has 0 aliphatic carbocycles. The molecule has 0 amide bonds. The van der Waals surface area contributed by atoms with E-state index < -0.39 is 0 Å². The lowest BCUT2D eigenvalue weighted by Gasteiger charge is -2.32. The molecule has 0 unspecified atom stereocenters. The summed E-state index contributed by atoms with van der Waals surface area (Å²) in [6, 6.07) is 4.17. The highest BCUT2D eigenvalue weighted by Gasteiger charge is 2.24. The molecule has 4 heteroatoms. The molecular weight excluding hydrogens is 248 g/mol. The third-order valence-corrected chi connectivity index (χ3v) is 4.03. The van der Waals surface area contributed by atoms with E-state index >= 15 is 0 Å². The highest BCUT2D eigenvalue weighted by atomic mass is 15.1. The van der Waals surface area contributed by atoms with Gasteiger partial charge in [0.15, 0.2) is 0 Å². The predicted octanol–water partition coefficient (Wildman–Crippen LogP) is 2.50. The van der Waals surface area contributed by atoms with Crippen LogP contribution in [0.25, 0.3) is 0 Å². The zero-order valence-electron chi connectivity index (χ0n) is 12.3. The van der Waals surface area contributed by atoms with E-state index in [0.29, 0.717) is 5.92 Å². The predicted molar refractivity (Wildman–Crippen MR) is 79.4 cm³/mol. The molecule has 106 valence electrons. The fourth-order valence-electron chi connectivity index (χ4n) is 3.17. The molecular formula is C16H22N4. The molecule has 20 heavy (non-hydrogen) atoms. The van der Waals surface area contributed by atoms with Crippen LogP contribution >= 0.6 is 0 Å². The number of nitrogens with zero attached hydrogens (tertiary/aromatic N) is 4. The van der Waals surface area contributed by atoms with Gasteiger partial charge in [-0.05, 0) is 37.9 Å². The van der Waals surface area contributed by atoms with Crippen LogP contribution in [0.2, 0.25) is 0 Å². The Bertz CT molecular complexity index is 561. The van der Waals surface area contributed by atoms with E-state index in [2.05, 4.69) is 40.7 Å². The van der Waals surface area contributed by atoms with Crippen molar-refractivity contribution in [3.8, 4) is 0 Å². The van der Waals surface area contributed by atoms with Crippen molar-refractivity contribution in [1.82, 2.24) is 19.4 Å². The Labute approximate surface area is 120 Å². The van der Waals surface area contributed by atoms with Gasteiger partial charge < -0.3 is 4.57 Å². The molecule has 3 heterocycles. The molecule has 4 nitrogen and oxygen atoms in total. The Morgan fingerprint density at radius 2 is 2.30 bits per heavy atom. The number of hydrogen-bond donors (Lipinski definition) is 0. The van der Waals surface area contributed by atoms with Crippen molar-refractivity contribution in [3.63, 3.8) is 0 Å². The molecule has 2 aromatic rings. The number of likely N-dealkylation sites (tertiary alicyclic amines) is 1. The van der Waals surface area contributed by atoms with Gasteiger partial charge in [0.25, 0.3) is 0 Å². The smallest absolute Gasteiger partial charge is 0.113 e. The van der Waals surface area contributed by atoms with Gasteiger partial charge in [0, 0.05) is 44.6 Å². The van der Waals surface area contributed by atoms with Crippen molar-refractivity contribution in [1.29, 1.82) is 0 Å². The first-order chi connectivity index (χ1) is 9.72. The van der Waals surface area contributed by atoms with Gasteiger partial charge in [0.2, 0.25) is 0 Å². The van der Waals surface area contributed by atoms with Crippen LogP contribution in [-0.2, 0) is 13.6 Å². The maximum Gasteiger partial charge on any atom is 0.113 e. The zero-order valence-corrected chi connectivity index (χ0v) is 12.3. The maximum atomic E-state index is 4.70. The van der Waals surface area contributed by atoms with Gasteiger partial charge >= 0.3 is 0 Å². The molecule has 2 aromatic heterocycles. The summed E-state index contributed by atoms with van der Waals surface area (Å²) in [5, 5.41) is 0. The van der Waals surface area contributed by atoms with Crippen molar-refractivity contribution in [3.05, 3.63) is 47.8 Å². The summed E-state index contributed by atoms with van der Waals surface area (Å²) in [5.74, 6) is 1.79. The number of aryl methyl sites for hydroxylation is 2.